The SMILES string of the molecule is CC(C)NCC1CCCN(C(=O)c2ccc(Cl)cn2)C1. The van der Waals surface area contributed by atoms with Gasteiger partial charge in [0.15, 0.2) is 0 Å². The fraction of sp³-hybridized carbons (Fsp3) is 0.600. The molecule has 0 aromatic carbocycles. The standard InChI is InChI=1S/C15H22ClN3O/c1-11(2)17-8-12-4-3-7-19(10-12)15(20)14-6-5-13(16)9-18-14/h5-6,9,11-12,17H,3-4,7-8,10H2,1-2H3. The van der Waals surface area contributed by atoms with Crippen molar-refractivity contribution in [3.8, 4) is 0 Å². The van der Waals surface area contributed by atoms with Crippen LogP contribution in [0.25, 0.3) is 0 Å². The van der Waals surface area contributed by atoms with E-state index < -0.39 is 0 Å². The lowest BCUT2D eigenvalue weighted by Gasteiger charge is -2.33. The number of hydrogen-bond donors (Lipinski definition) is 1. The number of hydrogen-bond acceptors (Lipinski definition) is 3. The molecule has 1 aliphatic rings. The molecule has 1 aromatic rings. The van der Waals surface area contributed by atoms with Crippen LogP contribution >= 0.6 is 11.6 Å². The van der Waals surface area contributed by atoms with Crippen LogP contribution in [0.3, 0.4) is 0 Å². The summed E-state index contributed by atoms with van der Waals surface area (Å²) in [6.07, 6.45) is 3.76. The number of nitrogens with one attached hydrogen (secondary N) is 1. The summed E-state index contributed by atoms with van der Waals surface area (Å²) < 4.78 is 0. The molecule has 0 saturated carbocycles. The Morgan fingerprint density at radius 1 is 1.55 bits per heavy atom. The maximum Gasteiger partial charge on any atom is 0.272 e. The second kappa shape index (κ2) is 7.04. The number of halogens is 1. The number of rotatable bonds is 4. The third kappa shape index (κ3) is 4.18. The topological polar surface area (TPSA) is 45.2 Å². The molecule has 4 nitrogen and oxygen atoms in total. The maximum absolute atomic E-state index is 12.4. The van der Waals surface area contributed by atoms with Crippen LogP contribution in [-0.2, 0) is 0 Å². The molecule has 1 saturated heterocycles. The number of carbonyl (C=O) groups is 1. The number of carbonyl (C=O) groups excluding carboxylic acids is 1. The Bertz CT molecular complexity index is 447. The molecular formula is C15H22ClN3O. The zero-order chi connectivity index (χ0) is 14.5. The molecule has 1 fully saturated rings. The summed E-state index contributed by atoms with van der Waals surface area (Å²) >= 11 is 5.80. The number of aromatic nitrogens is 1. The fourth-order valence-electron chi connectivity index (χ4n) is 2.48. The van der Waals surface area contributed by atoms with E-state index in [1.54, 1.807) is 12.1 Å². The lowest BCUT2D eigenvalue weighted by molar-refractivity contribution is 0.0666. The molecule has 5 heteroatoms. The Kier molecular flexibility index (Phi) is 5.38. The van der Waals surface area contributed by atoms with Crippen LogP contribution in [0.1, 0.15) is 37.2 Å². The van der Waals surface area contributed by atoms with Crippen molar-refractivity contribution in [2.24, 2.45) is 5.92 Å². The third-order valence-corrected chi connectivity index (χ3v) is 3.79. The molecule has 1 aliphatic heterocycles. The van der Waals surface area contributed by atoms with E-state index in [9.17, 15) is 4.79 Å². The predicted octanol–water partition coefficient (Wildman–Crippen LogP) is 2.59. The first-order valence-corrected chi connectivity index (χ1v) is 7.58. The number of piperidine rings is 1. The minimum absolute atomic E-state index is 0.0101. The van der Waals surface area contributed by atoms with E-state index in [2.05, 4.69) is 24.1 Å². The van der Waals surface area contributed by atoms with Gasteiger partial charge in [-0.05, 0) is 37.4 Å². The Hall–Kier alpha value is -1.13. The highest BCUT2D eigenvalue weighted by atomic mass is 35.5. The van der Waals surface area contributed by atoms with Gasteiger partial charge in [-0.15, -0.1) is 0 Å². The van der Waals surface area contributed by atoms with Crippen LogP contribution in [0.2, 0.25) is 5.02 Å². The Morgan fingerprint density at radius 3 is 3.00 bits per heavy atom. The van der Waals surface area contributed by atoms with E-state index in [1.165, 1.54) is 12.6 Å². The van der Waals surface area contributed by atoms with Crippen molar-refractivity contribution in [3.63, 3.8) is 0 Å². The van der Waals surface area contributed by atoms with Gasteiger partial charge in [0, 0.05) is 25.3 Å². The van der Waals surface area contributed by atoms with Crippen molar-refractivity contribution in [2.75, 3.05) is 19.6 Å². The minimum atomic E-state index is 0.0101. The van der Waals surface area contributed by atoms with Crippen molar-refractivity contribution in [1.82, 2.24) is 15.2 Å². The van der Waals surface area contributed by atoms with Crippen LogP contribution in [0.15, 0.2) is 18.3 Å². The second-order valence-electron chi connectivity index (χ2n) is 5.68. The molecule has 0 aliphatic carbocycles. The largest absolute Gasteiger partial charge is 0.337 e. The van der Waals surface area contributed by atoms with Gasteiger partial charge in [-0.25, -0.2) is 4.98 Å². The molecule has 1 unspecified atom stereocenters. The zero-order valence-corrected chi connectivity index (χ0v) is 12.9. The molecule has 1 amide bonds. The van der Waals surface area contributed by atoms with E-state index in [0.29, 0.717) is 22.7 Å². The first kappa shape index (κ1) is 15.3. The van der Waals surface area contributed by atoms with Gasteiger partial charge >= 0.3 is 0 Å². The van der Waals surface area contributed by atoms with Crippen LogP contribution < -0.4 is 5.32 Å². The van der Waals surface area contributed by atoms with Crippen LogP contribution in [-0.4, -0.2) is 41.5 Å². The van der Waals surface area contributed by atoms with Crippen molar-refractivity contribution < 1.29 is 4.79 Å². The quantitative estimate of drug-likeness (QED) is 0.928. The van der Waals surface area contributed by atoms with Crippen LogP contribution in [0.5, 0.6) is 0 Å². The fourth-order valence-corrected chi connectivity index (χ4v) is 2.59. The monoisotopic (exact) mass is 295 g/mol. The van der Waals surface area contributed by atoms with Crippen LogP contribution in [0, 0.1) is 5.92 Å². The number of amides is 1. The van der Waals surface area contributed by atoms with E-state index in [-0.39, 0.29) is 5.91 Å². The molecule has 0 spiro atoms. The average molecular weight is 296 g/mol. The molecule has 0 radical (unpaired) electrons. The summed E-state index contributed by atoms with van der Waals surface area (Å²) in [5.41, 5.74) is 0.479. The highest BCUT2D eigenvalue weighted by Crippen LogP contribution is 2.18. The normalized spacial score (nSPS) is 19.4. The third-order valence-electron chi connectivity index (χ3n) is 3.57. The molecular weight excluding hydrogens is 274 g/mol. The zero-order valence-electron chi connectivity index (χ0n) is 12.1. The van der Waals surface area contributed by atoms with Crippen molar-refractivity contribution in [1.29, 1.82) is 0 Å². The molecule has 20 heavy (non-hydrogen) atoms. The average Bonchev–Trinajstić information content (AvgIpc) is 2.45. The van der Waals surface area contributed by atoms with Crippen molar-refractivity contribution in [3.05, 3.63) is 29.0 Å². The summed E-state index contributed by atoms with van der Waals surface area (Å²) in [7, 11) is 0. The molecule has 1 N–H and O–H groups in total. The first-order chi connectivity index (χ1) is 9.56. The number of nitrogens with zero attached hydrogens (tertiary/aromatic N) is 2. The lowest BCUT2D eigenvalue weighted by Crippen LogP contribution is -2.44. The summed E-state index contributed by atoms with van der Waals surface area (Å²) in [6.45, 7) is 6.88. The van der Waals surface area contributed by atoms with Gasteiger partial charge in [-0.1, -0.05) is 25.4 Å². The second-order valence-corrected chi connectivity index (χ2v) is 6.12. The lowest BCUT2D eigenvalue weighted by atomic mass is 9.97. The van der Waals surface area contributed by atoms with Crippen LogP contribution in [0.4, 0.5) is 0 Å². The molecule has 2 rings (SSSR count). The van der Waals surface area contributed by atoms with Gasteiger partial charge in [0.25, 0.3) is 5.91 Å². The minimum Gasteiger partial charge on any atom is -0.337 e. The summed E-state index contributed by atoms with van der Waals surface area (Å²) in [4.78, 5) is 18.4. The number of pyridine rings is 1. The van der Waals surface area contributed by atoms with Crippen molar-refractivity contribution in [2.45, 2.75) is 32.7 Å². The van der Waals surface area contributed by atoms with Gasteiger partial charge in [-0.2, -0.15) is 0 Å². The first-order valence-electron chi connectivity index (χ1n) is 7.20. The maximum atomic E-state index is 12.4. The number of likely N-dealkylation sites (tertiary alicyclic amines) is 1. The van der Waals surface area contributed by atoms with Gasteiger partial charge in [-0.3, -0.25) is 4.79 Å². The highest BCUT2D eigenvalue weighted by molar-refractivity contribution is 6.30. The van der Waals surface area contributed by atoms with E-state index in [0.717, 1.165) is 26.1 Å². The van der Waals surface area contributed by atoms with E-state index in [1.807, 2.05) is 4.90 Å². The molecule has 1 atom stereocenters. The van der Waals surface area contributed by atoms with E-state index in [4.69, 9.17) is 11.6 Å². The molecule has 2 heterocycles. The Morgan fingerprint density at radius 2 is 2.35 bits per heavy atom. The van der Waals surface area contributed by atoms with E-state index >= 15 is 0 Å². The molecule has 110 valence electrons. The molecule has 1 aromatic heterocycles. The smallest absolute Gasteiger partial charge is 0.272 e. The summed E-state index contributed by atoms with van der Waals surface area (Å²) in [5, 5.41) is 4.01. The van der Waals surface area contributed by atoms with Crippen molar-refractivity contribution >= 4 is 17.5 Å². The van der Waals surface area contributed by atoms with Gasteiger partial charge in [0.1, 0.15) is 5.69 Å². The summed E-state index contributed by atoms with van der Waals surface area (Å²) in [6, 6.07) is 3.89. The molecule has 0 bridgehead atoms. The summed E-state index contributed by atoms with van der Waals surface area (Å²) in [5.74, 6) is 0.540. The Balaban J connectivity index is 1.94. The predicted molar refractivity (Wildman–Crippen MR) is 81.0 cm³/mol. The Labute approximate surface area is 125 Å². The van der Waals surface area contributed by atoms with Gasteiger partial charge in [0.2, 0.25) is 0 Å². The highest BCUT2D eigenvalue weighted by Gasteiger charge is 2.25. The van der Waals surface area contributed by atoms with Gasteiger partial charge in [0.05, 0.1) is 5.02 Å². The van der Waals surface area contributed by atoms with Gasteiger partial charge < -0.3 is 10.2 Å².